The smallest absolute Gasteiger partial charge is 0.261 e. The van der Waals surface area contributed by atoms with Crippen molar-refractivity contribution in [2.24, 2.45) is 5.73 Å². The summed E-state index contributed by atoms with van der Waals surface area (Å²) in [6.07, 6.45) is 3.28. The van der Waals surface area contributed by atoms with Crippen LogP contribution >= 0.6 is 0 Å². The minimum atomic E-state index is -0.538. The van der Waals surface area contributed by atoms with Gasteiger partial charge in [-0.2, -0.15) is 0 Å². The number of benzene rings is 2. The second-order valence-electron chi connectivity index (χ2n) is 5.96. The number of phenolic OH excluding ortho intramolecular Hbond substituents is 1. The Morgan fingerprint density at radius 3 is 2.46 bits per heavy atom. The summed E-state index contributed by atoms with van der Waals surface area (Å²) in [7, 11) is 1.45. The molecule has 1 heterocycles. The van der Waals surface area contributed by atoms with Crippen molar-refractivity contribution >= 4 is 23.0 Å². The quantitative estimate of drug-likeness (QED) is 0.312. The monoisotopic (exact) mass is 376 g/mol. The minimum Gasteiger partial charge on any atom is -0.507 e. The molecule has 3 rings (SSSR count). The zero-order valence-electron chi connectivity index (χ0n) is 15.2. The molecule has 0 aromatic heterocycles. The van der Waals surface area contributed by atoms with Crippen molar-refractivity contribution < 1.29 is 14.6 Å². The third kappa shape index (κ3) is 3.88. The normalized spacial score (nSPS) is 14.9. The Bertz CT molecular complexity index is 1010. The van der Waals surface area contributed by atoms with E-state index in [0.29, 0.717) is 22.6 Å². The van der Waals surface area contributed by atoms with Crippen LogP contribution in [-0.4, -0.2) is 24.0 Å². The number of carbonyl (C=O) groups excluding carboxylic acids is 1. The van der Waals surface area contributed by atoms with Crippen LogP contribution in [0.5, 0.6) is 5.75 Å². The largest absolute Gasteiger partial charge is 0.507 e. The third-order valence-electron chi connectivity index (χ3n) is 4.12. The number of hydrogen-bond donors (Lipinski definition) is 5. The third-order valence-corrected chi connectivity index (χ3v) is 4.12. The van der Waals surface area contributed by atoms with Crippen LogP contribution in [0.1, 0.15) is 5.56 Å². The van der Waals surface area contributed by atoms with Gasteiger partial charge in [-0.15, -0.1) is 0 Å². The Morgan fingerprint density at radius 2 is 1.82 bits per heavy atom. The number of dihydropyridines is 1. The first-order valence-corrected chi connectivity index (χ1v) is 8.47. The molecule has 0 aliphatic carbocycles. The van der Waals surface area contributed by atoms with E-state index in [2.05, 4.69) is 10.6 Å². The van der Waals surface area contributed by atoms with E-state index in [1.165, 1.54) is 7.11 Å². The first-order valence-electron chi connectivity index (χ1n) is 8.47. The SMILES string of the molecule is COC1=CC(c2ccccc2O)=CN/C1=C(\C(=N)N)C(=O)Nc1ccccc1. The summed E-state index contributed by atoms with van der Waals surface area (Å²) in [5, 5.41) is 23.6. The van der Waals surface area contributed by atoms with Gasteiger partial charge in [0, 0.05) is 23.0 Å². The highest BCUT2D eigenvalue weighted by Gasteiger charge is 2.24. The lowest BCUT2D eigenvalue weighted by Crippen LogP contribution is -2.31. The number of rotatable bonds is 5. The number of ether oxygens (including phenoxy) is 1. The molecule has 0 atom stereocenters. The zero-order valence-corrected chi connectivity index (χ0v) is 15.2. The second kappa shape index (κ2) is 8.13. The van der Waals surface area contributed by atoms with Crippen molar-refractivity contribution in [1.82, 2.24) is 5.32 Å². The van der Waals surface area contributed by atoms with Gasteiger partial charge in [-0.1, -0.05) is 36.4 Å². The number of carbonyl (C=O) groups is 1. The molecule has 2 aromatic rings. The van der Waals surface area contributed by atoms with Crippen molar-refractivity contribution in [2.45, 2.75) is 0 Å². The number of amides is 1. The van der Waals surface area contributed by atoms with Crippen LogP contribution in [-0.2, 0) is 9.53 Å². The molecule has 7 heteroatoms. The van der Waals surface area contributed by atoms with Gasteiger partial charge in [0.1, 0.15) is 22.9 Å². The number of phenols is 1. The molecule has 1 aliphatic heterocycles. The summed E-state index contributed by atoms with van der Waals surface area (Å²) in [4.78, 5) is 12.7. The van der Waals surface area contributed by atoms with Gasteiger partial charge in [-0.3, -0.25) is 10.2 Å². The summed E-state index contributed by atoms with van der Waals surface area (Å²) in [5.41, 5.74) is 7.74. The lowest BCUT2D eigenvalue weighted by Gasteiger charge is -2.21. The summed E-state index contributed by atoms with van der Waals surface area (Å²) in [6.45, 7) is 0. The van der Waals surface area contributed by atoms with Gasteiger partial charge in [0.25, 0.3) is 5.91 Å². The van der Waals surface area contributed by atoms with Crippen LogP contribution in [0.25, 0.3) is 5.57 Å². The molecule has 1 amide bonds. The molecule has 6 N–H and O–H groups in total. The van der Waals surface area contributed by atoms with E-state index in [4.69, 9.17) is 15.9 Å². The number of para-hydroxylation sites is 2. The van der Waals surface area contributed by atoms with E-state index in [-0.39, 0.29) is 17.0 Å². The summed E-state index contributed by atoms with van der Waals surface area (Å²) >= 11 is 0. The molecular formula is C21H20N4O3. The fourth-order valence-corrected chi connectivity index (χ4v) is 2.79. The highest BCUT2D eigenvalue weighted by Crippen LogP contribution is 2.30. The van der Waals surface area contributed by atoms with Gasteiger partial charge >= 0.3 is 0 Å². The number of allylic oxidation sites excluding steroid dienone is 2. The lowest BCUT2D eigenvalue weighted by atomic mass is 10.0. The van der Waals surface area contributed by atoms with E-state index in [1.807, 2.05) is 6.07 Å². The number of anilines is 1. The predicted octanol–water partition coefficient (Wildman–Crippen LogP) is 2.70. The average molecular weight is 376 g/mol. The van der Waals surface area contributed by atoms with Crippen molar-refractivity contribution in [3.05, 3.63) is 89.5 Å². The molecule has 0 unspecified atom stereocenters. The fraction of sp³-hybridized carbons (Fsp3) is 0.0476. The number of aromatic hydroxyl groups is 1. The lowest BCUT2D eigenvalue weighted by molar-refractivity contribution is -0.112. The first-order chi connectivity index (χ1) is 13.5. The van der Waals surface area contributed by atoms with Crippen LogP contribution in [0.2, 0.25) is 0 Å². The zero-order chi connectivity index (χ0) is 20.1. The van der Waals surface area contributed by atoms with E-state index in [1.54, 1.807) is 60.8 Å². The maximum Gasteiger partial charge on any atom is 0.261 e. The van der Waals surface area contributed by atoms with Crippen LogP contribution in [0.15, 0.2) is 83.9 Å². The van der Waals surface area contributed by atoms with E-state index < -0.39 is 11.7 Å². The van der Waals surface area contributed by atoms with Gasteiger partial charge < -0.3 is 26.2 Å². The van der Waals surface area contributed by atoms with E-state index >= 15 is 0 Å². The summed E-state index contributed by atoms with van der Waals surface area (Å²) in [5.74, 6) is -0.515. The molecule has 0 radical (unpaired) electrons. The van der Waals surface area contributed by atoms with Gasteiger partial charge in [0.2, 0.25) is 0 Å². The van der Waals surface area contributed by atoms with Gasteiger partial charge in [-0.25, -0.2) is 0 Å². The number of nitrogens with two attached hydrogens (primary N) is 1. The maximum atomic E-state index is 12.7. The standard InChI is InChI=1S/C21H20N4O3/c1-28-17-11-13(15-9-5-6-10-16(15)26)12-24-19(17)18(20(22)23)21(27)25-14-7-3-2-4-8-14/h2-12,24,26H,1H3,(H3,22,23)(H,25,27)/b19-18+. The molecule has 142 valence electrons. The fourth-order valence-electron chi connectivity index (χ4n) is 2.79. The number of methoxy groups -OCH3 is 1. The molecule has 1 aliphatic rings. The van der Waals surface area contributed by atoms with Crippen molar-refractivity contribution in [3.8, 4) is 5.75 Å². The second-order valence-corrected chi connectivity index (χ2v) is 5.96. The Labute approximate surface area is 162 Å². The molecule has 0 bridgehead atoms. The van der Waals surface area contributed by atoms with Crippen molar-refractivity contribution in [1.29, 1.82) is 5.41 Å². The number of nitrogens with one attached hydrogen (secondary N) is 3. The van der Waals surface area contributed by atoms with E-state index in [0.717, 1.165) is 0 Å². The highest BCUT2D eigenvalue weighted by atomic mass is 16.5. The Morgan fingerprint density at radius 1 is 1.14 bits per heavy atom. The van der Waals surface area contributed by atoms with Gasteiger partial charge in [-0.05, 0) is 24.3 Å². The molecule has 0 saturated heterocycles. The van der Waals surface area contributed by atoms with Crippen molar-refractivity contribution in [2.75, 3.05) is 12.4 Å². The Balaban J connectivity index is 1.98. The van der Waals surface area contributed by atoms with Crippen molar-refractivity contribution in [3.63, 3.8) is 0 Å². The first kappa shape index (κ1) is 18.8. The average Bonchev–Trinajstić information content (AvgIpc) is 2.69. The summed E-state index contributed by atoms with van der Waals surface area (Å²) < 4.78 is 5.41. The predicted molar refractivity (Wildman–Crippen MR) is 108 cm³/mol. The number of hydrogen-bond acceptors (Lipinski definition) is 5. The van der Waals surface area contributed by atoms with Crippen LogP contribution < -0.4 is 16.4 Å². The maximum absolute atomic E-state index is 12.7. The topological polar surface area (TPSA) is 120 Å². The van der Waals surface area contributed by atoms with Crippen LogP contribution in [0, 0.1) is 5.41 Å². The molecular weight excluding hydrogens is 356 g/mol. The Kier molecular flexibility index (Phi) is 5.45. The van der Waals surface area contributed by atoms with E-state index in [9.17, 15) is 9.90 Å². The molecule has 0 fully saturated rings. The minimum absolute atomic E-state index is 0.0514. The summed E-state index contributed by atoms with van der Waals surface area (Å²) in [6, 6.07) is 15.7. The van der Waals surface area contributed by atoms with Crippen LogP contribution in [0.3, 0.4) is 0 Å². The van der Waals surface area contributed by atoms with Gasteiger partial charge in [0.15, 0.2) is 0 Å². The molecule has 0 saturated carbocycles. The Hall–Kier alpha value is -4.00. The molecule has 7 nitrogen and oxygen atoms in total. The molecule has 28 heavy (non-hydrogen) atoms. The van der Waals surface area contributed by atoms with Gasteiger partial charge in [0.05, 0.1) is 12.8 Å². The van der Waals surface area contributed by atoms with Crippen LogP contribution in [0.4, 0.5) is 5.69 Å². The molecule has 2 aromatic carbocycles. The molecule has 0 spiro atoms. The number of amidine groups is 1. The highest BCUT2D eigenvalue weighted by molar-refractivity contribution is 6.24.